The highest BCUT2D eigenvalue weighted by Crippen LogP contribution is 2.15. The molecular weight excluding hydrogens is 126 g/mol. The zero-order valence-corrected chi connectivity index (χ0v) is 6.43. The van der Waals surface area contributed by atoms with Crippen LogP contribution in [0.5, 0.6) is 0 Å². The molecule has 0 bridgehead atoms. The molecule has 1 saturated heterocycles. The molecule has 0 aliphatic carbocycles. The highest BCUT2D eigenvalue weighted by Gasteiger charge is 2.22. The van der Waals surface area contributed by atoms with Gasteiger partial charge >= 0.3 is 0 Å². The van der Waals surface area contributed by atoms with Crippen LogP contribution in [0.4, 0.5) is 0 Å². The number of amidine groups is 1. The third-order valence-electron chi connectivity index (χ3n) is 2.08. The maximum absolute atomic E-state index is 7.40. The van der Waals surface area contributed by atoms with E-state index in [1.807, 2.05) is 6.92 Å². The molecule has 0 saturated carbocycles. The lowest BCUT2D eigenvalue weighted by Crippen LogP contribution is -2.38. The predicted octanol–water partition coefficient (Wildman–Crippen LogP) is 0.407. The molecule has 0 spiro atoms. The van der Waals surface area contributed by atoms with Crippen molar-refractivity contribution in [3.05, 3.63) is 0 Å². The van der Waals surface area contributed by atoms with E-state index in [-0.39, 0.29) is 0 Å². The maximum Gasteiger partial charge on any atom is 0.0928 e. The van der Waals surface area contributed by atoms with Crippen molar-refractivity contribution in [3.63, 3.8) is 0 Å². The first kappa shape index (κ1) is 7.54. The maximum atomic E-state index is 7.40. The summed E-state index contributed by atoms with van der Waals surface area (Å²) < 4.78 is 0. The normalized spacial score (nSPS) is 25.4. The summed E-state index contributed by atoms with van der Waals surface area (Å²) in [6.07, 6.45) is 2.35. The summed E-state index contributed by atoms with van der Waals surface area (Å²) in [7, 11) is 0. The molecule has 3 heteroatoms. The van der Waals surface area contributed by atoms with Gasteiger partial charge in [-0.1, -0.05) is 0 Å². The molecule has 3 N–H and O–H groups in total. The van der Waals surface area contributed by atoms with E-state index in [0.717, 1.165) is 13.0 Å². The van der Waals surface area contributed by atoms with E-state index in [0.29, 0.717) is 18.4 Å². The third-order valence-corrected chi connectivity index (χ3v) is 2.08. The average molecular weight is 141 g/mol. The number of hydrogen-bond donors (Lipinski definition) is 2. The molecule has 1 unspecified atom stereocenters. The Bertz CT molecular complexity index is 133. The zero-order chi connectivity index (χ0) is 7.56. The highest BCUT2D eigenvalue weighted by atomic mass is 15.2. The van der Waals surface area contributed by atoms with Crippen molar-refractivity contribution >= 4 is 5.84 Å². The Labute approximate surface area is 61.7 Å². The first-order valence-electron chi connectivity index (χ1n) is 3.77. The van der Waals surface area contributed by atoms with Crippen LogP contribution in [0.25, 0.3) is 0 Å². The Balaban J connectivity index is 2.50. The zero-order valence-electron chi connectivity index (χ0n) is 6.43. The molecule has 10 heavy (non-hydrogen) atoms. The van der Waals surface area contributed by atoms with Crippen molar-refractivity contribution in [2.75, 3.05) is 13.1 Å². The van der Waals surface area contributed by atoms with Crippen molar-refractivity contribution < 1.29 is 0 Å². The first-order valence-corrected chi connectivity index (χ1v) is 3.77. The van der Waals surface area contributed by atoms with Gasteiger partial charge < -0.3 is 10.6 Å². The van der Waals surface area contributed by atoms with Crippen LogP contribution in [0.15, 0.2) is 0 Å². The van der Waals surface area contributed by atoms with E-state index in [9.17, 15) is 0 Å². The fourth-order valence-electron chi connectivity index (χ4n) is 1.52. The van der Waals surface area contributed by atoms with Gasteiger partial charge in [-0.2, -0.15) is 0 Å². The second kappa shape index (κ2) is 3.01. The monoisotopic (exact) mass is 141 g/mol. The molecule has 1 fully saturated rings. The lowest BCUT2D eigenvalue weighted by Gasteiger charge is -2.23. The molecule has 1 rings (SSSR count). The van der Waals surface area contributed by atoms with Gasteiger partial charge in [-0.05, 0) is 19.8 Å². The number of nitrogens with two attached hydrogens (primary N) is 1. The summed E-state index contributed by atoms with van der Waals surface area (Å²) in [4.78, 5) is 2.08. The molecule has 58 valence electrons. The van der Waals surface area contributed by atoms with Crippen LogP contribution in [0.3, 0.4) is 0 Å². The summed E-state index contributed by atoms with van der Waals surface area (Å²) >= 11 is 0. The van der Waals surface area contributed by atoms with Gasteiger partial charge in [-0.15, -0.1) is 0 Å². The van der Waals surface area contributed by atoms with Crippen LogP contribution in [-0.4, -0.2) is 29.9 Å². The first-order chi connectivity index (χ1) is 4.75. The van der Waals surface area contributed by atoms with Crippen LogP contribution in [0.1, 0.15) is 19.8 Å². The standard InChI is InChI=1S/C7H15N3/c1-6(9)10-4-2-3-7(10)5-8/h7,9H,2-5,8H2,1H3. The van der Waals surface area contributed by atoms with Gasteiger partial charge in [-0.25, -0.2) is 0 Å². The van der Waals surface area contributed by atoms with Crippen LogP contribution in [0.2, 0.25) is 0 Å². The number of rotatable bonds is 1. The summed E-state index contributed by atoms with van der Waals surface area (Å²) in [6, 6.07) is 0.442. The highest BCUT2D eigenvalue weighted by molar-refractivity contribution is 5.76. The topological polar surface area (TPSA) is 53.1 Å². The van der Waals surface area contributed by atoms with E-state index in [1.165, 1.54) is 6.42 Å². The van der Waals surface area contributed by atoms with Crippen molar-refractivity contribution in [3.8, 4) is 0 Å². The molecule has 1 atom stereocenters. The van der Waals surface area contributed by atoms with Crippen LogP contribution in [0, 0.1) is 5.41 Å². The Kier molecular flexibility index (Phi) is 2.27. The van der Waals surface area contributed by atoms with Gasteiger partial charge in [0.2, 0.25) is 0 Å². The molecule has 1 heterocycles. The number of likely N-dealkylation sites (tertiary alicyclic amines) is 1. The minimum atomic E-state index is 0.442. The molecule has 0 amide bonds. The van der Waals surface area contributed by atoms with Crippen molar-refractivity contribution in [2.24, 2.45) is 5.73 Å². The van der Waals surface area contributed by atoms with Gasteiger partial charge in [0.25, 0.3) is 0 Å². The van der Waals surface area contributed by atoms with Crippen molar-refractivity contribution in [1.82, 2.24) is 4.90 Å². The minimum absolute atomic E-state index is 0.442. The van der Waals surface area contributed by atoms with Gasteiger partial charge in [0.1, 0.15) is 0 Å². The van der Waals surface area contributed by atoms with Crippen LogP contribution in [-0.2, 0) is 0 Å². The number of nitrogens with zero attached hydrogens (tertiary/aromatic N) is 1. The molecule has 0 aromatic carbocycles. The Morgan fingerprint density at radius 2 is 2.50 bits per heavy atom. The quantitative estimate of drug-likeness (QED) is 0.410. The van der Waals surface area contributed by atoms with E-state index in [4.69, 9.17) is 11.1 Å². The predicted molar refractivity (Wildman–Crippen MR) is 42.2 cm³/mol. The van der Waals surface area contributed by atoms with E-state index < -0.39 is 0 Å². The molecule has 3 nitrogen and oxygen atoms in total. The molecule has 0 radical (unpaired) electrons. The second-order valence-electron chi connectivity index (χ2n) is 2.81. The third kappa shape index (κ3) is 1.29. The lowest BCUT2D eigenvalue weighted by atomic mass is 10.2. The van der Waals surface area contributed by atoms with Gasteiger partial charge in [0.05, 0.1) is 5.84 Å². The fraction of sp³-hybridized carbons (Fsp3) is 0.857. The minimum Gasteiger partial charge on any atom is -0.357 e. The molecule has 1 aliphatic heterocycles. The summed E-state index contributed by atoms with van der Waals surface area (Å²) in [5.41, 5.74) is 5.52. The summed E-state index contributed by atoms with van der Waals surface area (Å²) in [6.45, 7) is 3.54. The smallest absolute Gasteiger partial charge is 0.0928 e. The van der Waals surface area contributed by atoms with E-state index in [1.54, 1.807) is 0 Å². The lowest BCUT2D eigenvalue weighted by molar-refractivity contribution is 0.391. The Hall–Kier alpha value is -0.570. The van der Waals surface area contributed by atoms with Gasteiger partial charge in [0.15, 0.2) is 0 Å². The van der Waals surface area contributed by atoms with Gasteiger partial charge in [-0.3, -0.25) is 5.41 Å². The van der Waals surface area contributed by atoms with E-state index >= 15 is 0 Å². The molecule has 1 aliphatic rings. The van der Waals surface area contributed by atoms with E-state index in [2.05, 4.69) is 4.90 Å². The molecule has 0 aromatic heterocycles. The van der Waals surface area contributed by atoms with Crippen LogP contribution < -0.4 is 5.73 Å². The molecule has 0 aromatic rings. The Morgan fingerprint density at radius 1 is 1.80 bits per heavy atom. The fourth-order valence-corrected chi connectivity index (χ4v) is 1.52. The van der Waals surface area contributed by atoms with Gasteiger partial charge in [0, 0.05) is 19.1 Å². The second-order valence-corrected chi connectivity index (χ2v) is 2.81. The average Bonchev–Trinajstić information content (AvgIpc) is 2.33. The number of hydrogen-bond acceptors (Lipinski definition) is 2. The molecular formula is C7H15N3. The summed E-state index contributed by atoms with van der Waals surface area (Å²) in [5.74, 6) is 0.660. The largest absolute Gasteiger partial charge is 0.357 e. The number of nitrogens with one attached hydrogen (secondary N) is 1. The van der Waals surface area contributed by atoms with Crippen molar-refractivity contribution in [1.29, 1.82) is 5.41 Å². The van der Waals surface area contributed by atoms with Crippen LogP contribution >= 0.6 is 0 Å². The summed E-state index contributed by atoms with van der Waals surface area (Å²) in [5, 5.41) is 7.40. The van der Waals surface area contributed by atoms with Crippen molar-refractivity contribution in [2.45, 2.75) is 25.8 Å². The Morgan fingerprint density at radius 3 is 2.90 bits per heavy atom. The SMILES string of the molecule is CC(=N)N1CCCC1CN.